The number of halogens is 2. The monoisotopic (exact) mass is 670 g/mol. The quantitative estimate of drug-likeness (QED) is 0.0680. The highest BCUT2D eigenvalue weighted by molar-refractivity contribution is 9.10. The van der Waals surface area contributed by atoms with Crippen LogP contribution in [0.25, 0.3) is 33.0 Å². The van der Waals surface area contributed by atoms with Crippen LogP contribution in [0.15, 0.2) is 123 Å². The Morgan fingerprint density at radius 2 is 1.18 bits per heavy atom. The van der Waals surface area contributed by atoms with Crippen molar-refractivity contribution < 1.29 is 0 Å². The summed E-state index contributed by atoms with van der Waals surface area (Å²) in [5.41, 5.74) is 13.8. The van der Waals surface area contributed by atoms with Crippen LogP contribution in [-0.4, -0.2) is 23.6 Å². The van der Waals surface area contributed by atoms with Gasteiger partial charge in [0.25, 0.3) is 0 Å². The van der Waals surface area contributed by atoms with Crippen molar-refractivity contribution in [3.8, 4) is 34.4 Å². The molecule has 1 N–H and O–H groups in total. The zero-order valence-electron chi connectivity index (χ0n) is 22.4. The van der Waals surface area contributed by atoms with Crippen LogP contribution in [0.3, 0.4) is 0 Å². The van der Waals surface area contributed by atoms with E-state index >= 15 is 0 Å². The minimum absolute atomic E-state index is 0.863. The lowest BCUT2D eigenvalue weighted by molar-refractivity contribution is 0.944. The van der Waals surface area contributed by atoms with Crippen molar-refractivity contribution >= 4 is 40.1 Å². The number of nitrogens with one attached hydrogen (secondary N) is 1. The maximum atomic E-state index is 7.89. The van der Waals surface area contributed by atoms with Crippen molar-refractivity contribution in [3.63, 3.8) is 0 Å². The van der Waals surface area contributed by atoms with E-state index in [1.165, 1.54) is 0 Å². The van der Waals surface area contributed by atoms with Gasteiger partial charge in [0.2, 0.25) is 0 Å². The number of rotatable bonds is 3. The molecular formula is C31H28Br2N6Si. The summed E-state index contributed by atoms with van der Waals surface area (Å²) in [6.45, 7) is 5.98. The Labute approximate surface area is 252 Å². The average molecular weight is 673 g/mol. The fourth-order valence-corrected chi connectivity index (χ4v) is 4.30. The molecule has 1 heterocycles. The lowest BCUT2D eigenvalue weighted by Crippen LogP contribution is -2.13. The van der Waals surface area contributed by atoms with Gasteiger partial charge in [0.15, 0.2) is 0 Å². The second-order valence-electron chi connectivity index (χ2n) is 9.38. The molecule has 0 aliphatic rings. The van der Waals surface area contributed by atoms with E-state index in [-0.39, 0.29) is 0 Å². The van der Waals surface area contributed by atoms with Crippen molar-refractivity contribution in [1.82, 2.24) is 15.4 Å². The highest BCUT2D eigenvalue weighted by Crippen LogP contribution is 2.29. The van der Waals surface area contributed by atoms with Gasteiger partial charge < -0.3 is 0 Å². The minimum atomic E-state index is -1.45. The molecule has 0 atom stereocenters. The third kappa shape index (κ3) is 10.7. The number of nitrogens with zero attached hydrogens (tertiary/aromatic N) is 5. The van der Waals surface area contributed by atoms with Crippen LogP contribution in [-0.2, 0) is 0 Å². The molecule has 40 heavy (non-hydrogen) atoms. The third-order valence-corrected chi connectivity index (χ3v) is 6.66. The van der Waals surface area contributed by atoms with E-state index in [1.807, 2.05) is 129 Å². The molecular weight excluding hydrogens is 644 g/mol. The van der Waals surface area contributed by atoms with Crippen molar-refractivity contribution in [2.75, 3.05) is 0 Å². The summed E-state index contributed by atoms with van der Waals surface area (Å²) < 4.78 is 5.66. The maximum Gasteiger partial charge on any atom is 0.146 e. The van der Waals surface area contributed by atoms with E-state index in [0.29, 0.717) is 0 Å². The van der Waals surface area contributed by atoms with Crippen LogP contribution in [0.2, 0.25) is 19.6 Å². The molecule has 1 aromatic heterocycles. The second-order valence-corrected chi connectivity index (χ2v) is 15.8. The second kappa shape index (κ2) is 15.6. The first-order chi connectivity index (χ1) is 19.2. The number of aromatic amines is 1. The van der Waals surface area contributed by atoms with Gasteiger partial charge in [-0.3, -0.25) is 0 Å². The van der Waals surface area contributed by atoms with Crippen LogP contribution in [0.5, 0.6) is 0 Å². The summed E-state index contributed by atoms with van der Waals surface area (Å²) in [4.78, 5) is 2.69. The van der Waals surface area contributed by atoms with E-state index in [1.54, 1.807) is 0 Å². The molecule has 0 saturated carbocycles. The number of aromatic nitrogens is 3. The van der Waals surface area contributed by atoms with E-state index in [4.69, 9.17) is 5.53 Å². The molecule has 0 aliphatic heterocycles. The van der Waals surface area contributed by atoms with Gasteiger partial charge in [-0.15, -0.1) is 4.78 Å². The van der Waals surface area contributed by atoms with Crippen molar-refractivity contribution in [1.29, 1.82) is 0 Å². The number of hydrogen-bond acceptors (Lipinski definition) is 3. The predicted molar refractivity (Wildman–Crippen MR) is 174 cm³/mol. The number of benzene rings is 4. The maximum absolute atomic E-state index is 7.89. The van der Waals surface area contributed by atoms with Crippen molar-refractivity contribution in [2.45, 2.75) is 19.6 Å². The zero-order chi connectivity index (χ0) is 28.8. The average Bonchev–Trinajstić information content (AvgIpc) is 3.44. The molecule has 6 nitrogen and oxygen atoms in total. The number of hydrogen-bond donors (Lipinski definition) is 1. The van der Waals surface area contributed by atoms with Crippen molar-refractivity contribution in [2.24, 2.45) is 4.78 Å². The summed E-state index contributed by atoms with van der Waals surface area (Å²) in [5.74, 6) is 6.24. The van der Waals surface area contributed by atoms with Gasteiger partial charge >= 0.3 is 0 Å². The zero-order valence-corrected chi connectivity index (χ0v) is 26.6. The molecule has 200 valence electrons. The molecule has 0 bridgehead atoms. The molecule has 0 unspecified atom stereocenters. The topological polar surface area (TPSA) is 90.3 Å². The normalized spacial score (nSPS) is 9.93. The Balaban J connectivity index is 0.000000182. The summed E-state index contributed by atoms with van der Waals surface area (Å²) in [5, 5.41) is 11.2. The molecule has 5 rings (SSSR count). The minimum Gasteiger partial charge on any atom is -0.197 e. The summed E-state index contributed by atoms with van der Waals surface area (Å²) in [7, 11) is -1.45. The first-order valence-corrected chi connectivity index (χ1v) is 17.4. The molecule has 0 radical (unpaired) electrons. The van der Waals surface area contributed by atoms with Gasteiger partial charge in [0, 0.05) is 31.2 Å². The fraction of sp³-hybridized carbons (Fsp3) is 0.0968. The molecule has 0 aliphatic carbocycles. The van der Waals surface area contributed by atoms with E-state index in [0.717, 1.165) is 42.6 Å². The Kier molecular flexibility index (Phi) is 11.9. The third-order valence-electron chi connectivity index (χ3n) is 4.99. The molecule has 5 aromatic rings. The van der Waals surface area contributed by atoms with Gasteiger partial charge in [-0.05, 0) is 52.9 Å². The van der Waals surface area contributed by atoms with Crippen LogP contribution < -0.4 is 0 Å². The summed E-state index contributed by atoms with van der Waals surface area (Å²) >= 11 is 6.89. The first kappa shape index (κ1) is 30.6. The van der Waals surface area contributed by atoms with Crippen LogP contribution in [0.4, 0.5) is 0 Å². The molecule has 9 heteroatoms. The largest absolute Gasteiger partial charge is 0.197 e. The lowest BCUT2D eigenvalue weighted by Gasteiger charge is -2.01. The van der Waals surface area contributed by atoms with Gasteiger partial charge in [-0.2, -0.15) is 15.4 Å². The van der Waals surface area contributed by atoms with Crippen LogP contribution in [0, 0.1) is 11.8 Å². The van der Waals surface area contributed by atoms with Crippen LogP contribution >= 0.6 is 31.9 Å². The fourth-order valence-electron chi connectivity index (χ4n) is 3.23. The predicted octanol–water partition coefficient (Wildman–Crippen LogP) is 9.88. The van der Waals surface area contributed by atoms with Gasteiger partial charge in [-0.25, -0.2) is 0 Å². The van der Waals surface area contributed by atoms with Gasteiger partial charge in [0.05, 0.1) is 0 Å². The Morgan fingerprint density at radius 3 is 1.73 bits per heavy atom. The lowest BCUT2D eigenvalue weighted by atomic mass is 10.1. The van der Waals surface area contributed by atoms with Gasteiger partial charge in [0.1, 0.15) is 19.6 Å². The molecule has 0 amide bonds. The van der Waals surface area contributed by atoms with Crippen molar-refractivity contribution in [3.05, 3.63) is 140 Å². The smallest absolute Gasteiger partial charge is 0.146 e. The molecule has 0 saturated heterocycles. The Bertz CT molecular complexity index is 1610. The van der Waals surface area contributed by atoms with E-state index in [9.17, 15) is 0 Å². The van der Waals surface area contributed by atoms with E-state index < -0.39 is 8.24 Å². The number of H-pyrrole nitrogens is 1. The Morgan fingerprint density at radius 1 is 0.675 bits per heavy atom. The highest BCUT2D eigenvalue weighted by atomic mass is 79.9. The highest BCUT2D eigenvalue weighted by Gasteiger charge is 2.12. The van der Waals surface area contributed by atoms with Gasteiger partial charge in [-0.1, -0.05) is 130 Å². The number of azide groups is 1. The standard InChI is InChI=1S/C14H10BrN3.C14H9Br.C3H9N3Si/c15-12-8-4-7-11(9-12)14-13(16-18-17-14)10-5-2-1-3-6-10;15-14-8-4-7-13(11-14)10-9-12-5-2-1-3-6-12;1-7(2,3)6-5-4/h1-9H,(H,16,17,18);1-8,11H;1-3H3. The van der Waals surface area contributed by atoms with E-state index in [2.05, 4.69) is 68.8 Å². The molecule has 4 aromatic carbocycles. The SMILES string of the molecule is Brc1cccc(-c2n[nH]nc2-c2ccccc2)c1.Brc1cccc(C#Cc2ccccc2)c1.C[Si](C)(C)N=[N+]=[N-]. The summed E-state index contributed by atoms with van der Waals surface area (Å²) in [6.07, 6.45) is 0. The van der Waals surface area contributed by atoms with Crippen LogP contribution in [0.1, 0.15) is 11.1 Å². The Hall–Kier alpha value is -3.93. The molecule has 0 fully saturated rings. The molecule has 0 spiro atoms. The summed E-state index contributed by atoms with van der Waals surface area (Å²) in [6, 6.07) is 36.0. The first-order valence-electron chi connectivity index (χ1n) is 12.4.